The lowest BCUT2D eigenvalue weighted by Gasteiger charge is -2.09. The molecule has 23 heavy (non-hydrogen) atoms. The topological polar surface area (TPSA) is 30.2 Å². The van der Waals surface area contributed by atoms with Gasteiger partial charge in [0.2, 0.25) is 5.43 Å². The van der Waals surface area contributed by atoms with Crippen LogP contribution in [0.4, 0.5) is 0 Å². The predicted octanol–water partition coefficient (Wildman–Crippen LogP) is 5.95. The van der Waals surface area contributed by atoms with E-state index in [1.807, 2.05) is 65.4 Å². The van der Waals surface area contributed by atoms with Crippen LogP contribution in [-0.2, 0) is 0 Å². The lowest BCUT2D eigenvalue weighted by molar-refractivity contribution is 0.620. The Bertz CT molecular complexity index is 1030. The largest absolute Gasteiger partial charge is 0.455 e. The highest BCUT2D eigenvalue weighted by Crippen LogP contribution is 2.33. The van der Waals surface area contributed by atoms with Gasteiger partial charge in [-0.1, -0.05) is 46.3 Å². The van der Waals surface area contributed by atoms with E-state index in [-0.39, 0.29) is 5.43 Å². The van der Waals surface area contributed by atoms with Gasteiger partial charge in [-0.25, -0.2) is 0 Å². The molecule has 0 amide bonds. The van der Waals surface area contributed by atoms with Gasteiger partial charge in [0.1, 0.15) is 11.3 Å². The van der Waals surface area contributed by atoms with Crippen molar-refractivity contribution >= 4 is 38.2 Å². The average molecular weight is 383 g/mol. The molecule has 4 rings (SSSR count). The van der Waals surface area contributed by atoms with E-state index < -0.39 is 0 Å². The lowest BCUT2D eigenvalue weighted by Crippen LogP contribution is -2.07. The Hall–Kier alpha value is -2.17. The zero-order valence-electron chi connectivity index (χ0n) is 12.0. The van der Waals surface area contributed by atoms with Crippen LogP contribution in [0.3, 0.4) is 0 Å². The number of rotatable bonds is 2. The molecule has 0 radical (unpaired) electrons. The molecule has 0 saturated heterocycles. The number of benzene rings is 2. The highest BCUT2D eigenvalue weighted by Gasteiger charge is 2.18. The van der Waals surface area contributed by atoms with Crippen LogP contribution in [0, 0.1) is 0 Å². The molecule has 2 nitrogen and oxygen atoms in total. The van der Waals surface area contributed by atoms with Crippen molar-refractivity contribution in [2.24, 2.45) is 0 Å². The SMILES string of the molecule is O=c1c(-c2ccsc2)c(-c2ccccc2)oc2ccc(Br)cc12. The minimum absolute atomic E-state index is 0.00944. The molecule has 0 aliphatic heterocycles. The van der Waals surface area contributed by atoms with Crippen LogP contribution in [-0.4, -0.2) is 0 Å². The maximum absolute atomic E-state index is 13.1. The first-order valence-electron chi connectivity index (χ1n) is 7.08. The Morgan fingerprint density at radius 2 is 1.78 bits per heavy atom. The fraction of sp³-hybridized carbons (Fsp3) is 0. The molecule has 112 valence electrons. The van der Waals surface area contributed by atoms with E-state index in [0.717, 1.165) is 15.6 Å². The van der Waals surface area contributed by atoms with Crippen molar-refractivity contribution in [1.82, 2.24) is 0 Å². The van der Waals surface area contributed by atoms with Gasteiger partial charge in [-0.3, -0.25) is 4.79 Å². The quantitative estimate of drug-likeness (QED) is 0.428. The van der Waals surface area contributed by atoms with Gasteiger partial charge in [0.25, 0.3) is 0 Å². The molecule has 0 atom stereocenters. The molecule has 2 heterocycles. The van der Waals surface area contributed by atoms with Gasteiger partial charge in [0.05, 0.1) is 10.9 Å². The summed E-state index contributed by atoms with van der Waals surface area (Å²) in [6.07, 6.45) is 0. The maximum atomic E-state index is 13.1. The van der Waals surface area contributed by atoms with E-state index in [0.29, 0.717) is 22.3 Å². The molecule has 0 fully saturated rings. The van der Waals surface area contributed by atoms with E-state index in [1.54, 1.807) is 11.3 Å². The summed E-state index contributed by atoms with van der Waals surface area (Å²) in [6.45, 7) is 0. The molecule has 4 heteroatoms. The lowest BCUT2D eigenvalue weighted by atomic mass is 10.0. The Balaban J connectivity index is 2.14. The van der Waals surface area contributed by atoms with E-state index >= 15 is 0 Å². The maximum Gasteiger partial charge on any atom is 0.201 e. The molecule has 0 unspecified atom stereocenters. The molecule has 0 bridgehead atoms. The number of fused-ring (bicyclic) bond motifs is 1. The van der Waals surface area contributed by atoms with Crippen LogP contribution in [0.2, 0.25) is 0 Å². The Morgan fingerprint density at radius 3 is 2.52 bits per heavy atom. The first kappa shape index (κ1) is 14.4. The summed E-state index contributed by atoms with van der Waals surface area (Å²) in [5.41, 5.74) is 2.99. The summed E-state index contributed by atoms with van der Waals surface area (Å²) in [6, 6.07) is 17.2. The predicted molar refractivity (Wildman–Crippen MR) is 98.9 cm³/mol. The zero-order valence-corrected chi connectivity index (χ0v) is 14.4. The number of halogens is 1. The summed E-state index contributed by atoms with van der Waals surface area (Å²) in [4.78, 5) is 13.1. The molecule has 0 aliphatic rings. The van der Waals surface area contributed by atoms with Crippen molar-refractivity contribution in [3.63, 3.8) is 0 Å². The smallest absolute Gasteiger partial charge is 0.201 e. The minimum atomic E-state index is -0.00944. The summed E-state index contributed by atoms with van der Waals surface area (Å²) >= 11 is 4.99. The zero-order chi connectivity index (χ0) is 15.8. The van der Waals surface area contributed by atoms with Gasteiger partial charge >= 0.3 is 0 Å². The fourth-order valence-corrected chi connectivity index (χ4v) is 3.64. The summed E-state index contributed by atoms with van der Waals surface area (Å²) in [5, 5.41) is 4.53. The molecular formula is C19H11BrO2S. The highest BCUT2D eigenvalue weighted by atomic mass is 79.9. The summed E-state index contributed by atoms with van der Waals surface area (Å²) in [5.74, 6) is 0.615. The van der Waals surface area contributed by atoms with Gasteiger partial charge in [0.15, 0.2) is 0 Å². The second-order valence-electron chi connectivity index (χ2n) is 5.15. The third-order valence-electron chi connectivity index (χ3n) is 3.70. The third-order valence-corrected chi connectivity index (χ3v) is 4.87. The minimum Gasteiger partial charge on any atom is -0.455 e. The van der Waals surface area contributed by atoms with Crippen molar-refractivity contribution in [1.29, 1.82) is 0 Å². The summed E-state index contributed by atoms with van der Waals surface area (Å²) in [7, 11) is 0. The van der Waals surface area contributed by atoms with Gasteiger partial charge in [0, 0.05) is 15.6 Å². The first-order valence-corrected chi connectivity index (χ1v) is 8.82. The van der Waals surface area contributed by atoms with E-state index in [2.05, 4.69) is 15.9 Å². The van der Waals surface area contributed by atoms with E-state index in [9.17, 15) is 4.79 Å². The van der Waals surface area contributed by atoms with Crippen LogP contribution in [0.5, 0.6) is 0 Å². The van der Waals surface area contributed by atoms with Crippen LogP contribution in [0.15, 0.2) is 79.0 Å². The normalized spacial score (nSPS) is 11.0. The molecule has 0 aliphatic carbocycles. The Kier molecular flexibility index (Phi) is 3.63. The number of hydrogen-bond donors (Lipinski definition) is 0. The standard InChI is InChI=1S/C19H11BrO2S/c20-14-6-7-16-15(10-14)18(21)17(13-8-9-23-11-13)19(22-16)12-4-2-1-3-5-12/h1-11H. The van der Waals surface area contributed by atoms with Gasteiger partial charge in [-0.05, 0) is 35.0 Å². The van der Waals surface area contributed by atoms with E-state index in [1.165, 1.54) is 0 Å². The highest BCUT2D eigenvalue weighted by molar-refractivity contribution is 9.10. The molecule has 4 aromatic rings. The molecular weight excluding hydrogens is 372 g/mol. The van der Waals surface area contributed by atoms with Crippen LogP contribution < -0.4 is 5.43 Å². The van der Waals surface area contributed by atoms with Crippen molar-refractivity contribution in [2.75, 3.05) is 0 Å². The molecule has 2 aromatic carbocycles. The van der Waals surface area contributed by atoms with Crippen molar-refractivity contribution in [3.05, 3.63) is 80.1 Å². The first-order chi connectivity index (χ1) is 11.2. The number of thiophene rings is 1. The van der Waals surface area contributed by atoms with Gasteiger partial charge in [-0.15, -0.1) is 0 Å². The Morgan fingerprint density at radius 1 is 0.957 bits per heavy atom. The molecule has 0 spiro atoms. The molecule has 2 aromatic heterocycles. The van der Waals surface area contributed by atoms with Crippen molar-refractivity contribution in [2.45, 2.75) is 0 Å². The third kappa shape index (κ3) is 2.54. The molecule has 0 N–H and O–H groups in total. The van der Waals surface area contributed by atoms with Crippen molar-refractivity contribution in [3.8, 4) is 22.5 Å². The van der Waals surface area contributed by atoms with Gasteiger partial charge in [-0.2, -0.15) is 11.3 Å². The van der Waals surface area contributed by atoms with Gasteiger partial charge < -0.3 is 4.42 Å². The average Bonchev–Trinajstić information content (AvgIpc) is 3.10. The van der Waals surface area contributed by atoms with Crippen molar-refractivity contribution < 1.29 is 4.42 Å². The van der Waals surface area contributed by atoms with E-state index in [4.69, 9.17) is 4.42 Å². The van der Waals surface area contributed by atoms with Crippen LogP contribution in [0.25, 0.3) is 33.4 Å². The van der Waals surface area contributed by atoms with Crippen LogP contribution >= 0.6 is 27.3 Å². The second kappa shape index (κ2) is 5.80. The molecule has 0 saturated carbocycles. The summed E-state index contributed by atoms with van der Waals surface area (Å²) < 4.78 is 6.98. The monoisotopic (exact) mass is 382 g/mol. The second-order valence-corrected chi connectivity index (χ2v) is 6.85. The Labute approximate surface area is 145 Å². The number of hydrogen-bond acceptors (Lipinski definition) is 3. The van der Waals surface area contributed by atoms with Crippen LogP contribution in [0.1, 0.15) is 0 Å². The fourth-order valence-electron chi connectivity index (χ4n) is 2.63.